The van der Waals surface area contributed by atoms with Crippen LogP contribution >= 0.6 is 0 Å². The number of aromatic amines is 1. The van der Waals surface area contributed by atoms with Gasteiger partial charge in [-0.3, -0.25) is 95.9 Å². The molecule has 1 fully saturated rings. The topological polar surface area (TPSA) is 757 Å². The number of aromatic nitrogens is 1. The van der Waals surface area contributed by atoms with Crippen molar-refractivity contribution in [3.63, 3.8) is 0 Å². The van der Waals surface area contributed by atoms with E-state index in [9.17, 15) is 126 Å². The van der Waals surface area contributed by atoms with Crippen molar-refractivity contribution in [3.8, 4) is 0 Å². The van der Waals surface area contributed by atoms with Crippen LogP contribution in [-0.2, 0) is 113 Å². The summed E-state index contributed by atoms with van der Waals surface area (Å²) < 4.78 is 5.73. The molecule has 1 aliphatic rings. The zero-order valence-electron chi connectivity index (χ0n) is 70.2. The molecule has 46 nitrogen and oxygen atoms in total. The summed E-state index contributed by atoms with van der Waals surface area (Å²) >= 11 is 0. The van der Waals surface area contributed by atoms with Crippen LogP contribution < -0.4 is 97.4 Å². The van der Waals surface area contributed by atoms with Crippen molar-refractivity contribution < 1.29 is 131 Å². The fourth-order valence-electron chi connectivity index (χ4n) is 13.1. The first kappa shape index (κ1) is 103. The maximum absolute atomic E-state index is 15.0. The number of ketones is 1. The van der Waals surface area contributed by atoms with Gasteiger partial charge in [0.25, 0.3) is 0 Å². The average Bonchev–Trinajstić information content (AvgIpc) is 1.74. The number of aliphatic hydroxyl groups is 1. The van der Waals surface area contributed by atoms with Gasteiger partial charge in [-0.25, -0.2) is 4.79 Å². The van der Waals surface area contributed by atoms with E-state index >= 15 is 0 Å². The number of carbonyl (C=O) groups is 21. The number of anilines is 2. The number of carboxylic acids is 4. The van der Waals surface area contributed by atoms with E-state index in [1.54, 1.807) is 54.7 Å². The number of nitrogens with one attached hydrogen (secondary N) is 15. The first-order valence-corrected chi connectivity index (χ1v) is 40.7. The summed E-state index contributed by atoms with van der Waals surface area (Å²) in [6.07, 6.45) is -3.03. The highest BCUT2D eigenvalue weighted by Gasteiger charge is 2.41. The van der Waals surface area contributed by atoms with Gasteiger partial charge in [-0.05, 0) is 86.9 Å². The van der Waals surface area contributed by atoms with Gasteiger partial charge in [-0.2, -0.15) is 0 Å². The predicted molar refractivity (Wildman–Crippen MR) is 447 cm³/mol. The lowest BCUT2D eigenvalue weighted by molar-refractivity contribution is -0.156. The SMILES string of the molecule is CCCCCCCCCC(=O)N[C@@H](Cc1c[nH]c2ccccc12)C(=O)N[C@@H](CC(N)=O)C(=O)N[C@@H](CC(=O)O)C(=O)NC1C(=O)NCC(=O)N[C@@H](CCCNC(=O)[C@@H](N)Cc2ccc(N)cc2)C(=O)NC(CC(=O)O)C(=O)N[C@H](C)C(=O)N[C@@H](CC(=O)O)C(=O)NCC(=O)N[C@H](CO)C(=O)NC([C@H](C)CC(=O)O)C(=O)N[C@@H](CC(=O)c2ccccc2N)C(=O)OC1C. The van der Waals surface area contributed by atoms with E-state index in [-0.39, 0.29) is 43.5 Å². The summed E-state index contributed by atoms with van der Waals surface area (Å²) in [5, 5.41) is 81.8. The van der Waals surface area contributed by atoms with Crippen LogP contribution in [0.2, 0.25) is 0 Å². The molecule has 14 atom stereocenters. The summed E-state index contributed by atoms with van der Waals surface area (Å²) in [4.78, 5) is 293. The molecule has 0 saturated carbocycles. The number of aliphatic carboxylic acids is 4. The molecular weight excluding hydrogens is 1670 g/mol. The number of aliphatic hydroxyl groups excluding tert-OH is 1. The highest BCUT2D eigenvalue weighted by atomic mass is 16.5. The minimum Gasteiger partial charge on any atom is -0.481 e. The number of cyclic esters (lactones) is 1. The second kappa shape index (κ2) is 51.8. The minimum atomic E-state index is -2.51. The van der Waals surface area contributed by atoms with Crippen LogP contribution in [0.3, 0.4) is 0 Å². The number of rotatable bonds is 39. The maximum atomic E-state index is 15.0. The Bertz CT molecular complexity index is 4640. The molecule has 2 heterocycles. The molecule has 1 aromatic heterocycles. The molecule has 4 aromatic rings. The Kier molecular flexibility index (Phi) is 42.1. The number of benzene rings is 3. The number of Topliss-reactive ketones (excluding diaryl/α,β-unsaturated/α-hetero) is 1. The number of primary amides is 1. The number of hydrogen-bond donors (Lipinski definition) is 24. The second-order valence-corrected chi connectivity index (χ2v) is 30.3. The molecule has 1 saturated heterocycles. The molecule has 0 radical (unpaired) electrons. The van der Waals surface area contributed by atoms with E-state index in [1.807, 2.05) is 16.0 Å². The van der Waals surface area contributed by atoms with Crippen LogP contribution in [0.5, 0.6) is 0 Å². The molecule has 46 heteroatoms. The zero-order valence-corrected chi connectivity index (χ0v) is 70.2. The van der Waals surface area contributed by atoms with Crippen molar-refractivity contribution in [1.82, 2.24) is 79.4 Å². The van der Waals surface area contributed by atoms with Crippen molar-refractivity contribution in [2.24, 2.45) is 17.4 Å². The lowest BCUT2D eigenvalue weighted by Crippen LogP contribution is -2.62. The van der Waals surface area contributed by atoms with Gasteiger partial charge >= 0.3 is 29.8 Å². The standard InChI is InChI=1S/C81H111N19O27/c1-5-6-7-8-9-10-11-22-61(104)92-52(30-44-36-87-50-20-15-13-17-46(44)50)75(120)95-53(32-60(85)103)76(121)97-56(35-67(113)114)77(122)100-69-42(4)127-81(126)57(31-59(102)47-18-12-14-19-48(47)83)98-80(125)68(40(2)28-64(107)108)99-78(123)58(39-101)93-63(106)37-88-72(117)54(33-65(109)110)94-70(115)41(3)90-74(119)55(34-66(111)112)96-73(118)51(91-62(105)38-89-79(69)124)21-16-27-86-71(116)49(84)29-43-23-25-45(82)26-24-43/h12-15,17-20,23-26,36,40-42,49,51-58,68-69,87,101H,5-11,16,21-22,27-35,37-39,82-84H2,1-4H3,(H2,85,103)(H,86,116)(H,88,117)(H,89,124)(H,90,119)(H,91,105)(H,92,104)(H,93,106)(H,94,115)(H,95,120)(H,96,118)(H,97,121)(H,98,125)(H,99,123)(H,100,122)(H,107,108)(H,109,110)(H,111,112)(H,113,114)/t40-,41-,42?,49+,51+,52+,53+,54+,55?,56+,57+,58-,68?,69?/m1/s1. The molecule has 0 spiro atoms. The van der Waals surface area contributed by atoms with Crippen molar-refractivity contribution >= 4 is 147 Å². The van der Waals surface area contributed by atoms with Crippen molar-refractivity contribution in [3.05, 3.63) is 95.7 Å². The third kappa shape index (κ3) is 35.5. The third-order valence-corrected chi connectivity index (χ3v) is 19.9. The monoisotopic (exact) mass is 1780 g/mol. The molecule has 127 heavy (non-hydrogen) atoms. The van der Waals surface area contributed by atoms with Crippen LogP contribution in [0.4, 0.5) is 11.4 Å². The highest BCUT2D eigenvalue weighted by molar-refractivity contribution is 6.05. The Morgan fingerprint density at radius 1 is 0.528 bits per heavy atom. The van der Waals surface area contributed by atoms with Gasteiger partial charge in [0.05, 0.1) is 57.8 Å². The van der Waals surface area contributed by atoms with Crippen molar-refractivity contribution in [2.75, 3.05) is 37.7 Å². The molecule has 4 unspecified atom stereocenters. The van der Waals surface area contributed by atoms with Crippen LogP contribution in [0.15, 0.2) is 79.0 Å². The maximum Gasteiger partial charge on any atom is 0.329 e. The smallest absolute Gasteiger partial charge is 0.329 e. The first-order chi connectivity index (χ1) is 60.1. The number of nitrogen functional groups attached to an aromatic ring is 2. The lowest BCUT2D eigenvalue weighted by Gasteiger charge is -2.30. The Balaban J connectivity index is 1.63. The van der Waals surface area contributed by atoms with Gasteiger partial charge < -0.3 is 133 Å². The van der Waals surface area contributed by atoms with E-state index in [0.29, 0.717) is 40.6 Å². The number of unbranched alkanes of at least 4 members (excludes halogenated alkanes) is 6. The Labute approximate surface area is 726 Å². The Morgan fingerprint density at radius 2 is 1.08 bits per heavy atom. The molecule has 692 valence electrons. The van der Waals surface area contributed by atoms with E-state index in [0.717, 1.165) is 52.9 Å². The molecule has 5 rings (SSSR count). The van der Waals surface area contributed by atoms with Crippen molar-refractivity contribution in [2.45, 2.75) is 222 Å². The van der Waals surface area contributed by atoms with E-state index in [2.05, 4.69) is 70.4 Å². The molecular formula is C81H111N19O27. The quantitative estimate of drug-likeness (QED) is 0.00859. The number of para-hydroxylation sites is 2. The van der Waals surface area contributed by atoms with Crippen LogP contribution in [0, 0.1) is 5.92 Å². The summed E-state index contributed by atoms with van der Waals surface area (Å²) in [6, 6.07) is -5.99. The summed E-state index contributed by atoms with van der Waals surface area (Å²) in [6.45, 7) is 0.803. The van der Waals surface area contributed by atoms with Crippen LogP contribution in [-0.4, -0.2) is 260 Å². The molecule has 15 amide bonds. The zero-order chi connectivity index (χ0) is 94.3. The summed E-state index contributed by atoms with van der Waals surface area (Å²) in [5.74, 6) is -31.1. The number of ether oxygens (including phenoxy) is 1. The van der Waals surface area contributed by atoms with Crippen molar-refractivity contribution in [1.29, 1.82) is 0 Å². The van der Waals surface area contributed by atoms with Gasteiger partial charge in [-0.15, -0.1) is 0 Å². The second-order valence-electron chi connectivity index (χ2n) is 30.3. The summed E-state index contributed by atoms with van der Waals surface area (Å²) in [7, 11) is 0. The number of nitrogens with two attached hydrogens (primary N) is 4. The van der Waals surface area contributed by atoms with Gasteiger partial charge in [0.1, 0.15) is 72.6 Å². The van der Waals surface area contributed by atoms with E-state index < -0.39 is 273 Å². The Morgan fingerprint density at radius 3 is 1.69 bits per heavy atom. The molecule has 28 N–H and O–H groups in total. The van der Waals surface area contributed by atoms with Crippen LogP contribution in [0.1, 0.15) is 152 Å². The third-order valence-electron chi connectivity index (χ3n) is 19.9. The summed E-state index contributed by atoms with van der Waals surface area (Å²) in [5.41, 5.74) is 25.4. The van der Waals surface area contributed by atoms with Crippen LogP contribution in [0.25, 0.3) is 10.9 Å². The Hall–Kier alpha value is -14.2. The van der Waals surface area contributed by atoms with E-state index in [1.165, 1.54) is 24.3 Å². The molecule has 1 aliphatic heterocycles. The number of amides is 15. The van der Waals surface area contributed by atoms with Gasteiger partial charge in [0.2, 0.25) is 88.6 Å². The molecule has 0 bridgehead atoms. The molecule has 0 aliphatic carbocycles. The fraction of sp³-hybridized carbons (Fsp3) is 0.494. The number of carbonyl (C=O) groups excluding carboxylic acids is 17. The van der Waals surface area contributed by atoms with Gasteiger partial charge in [0, 0.05) is 59.8 Å². The minimum absolute atomic E-state index is 0.00450. The number of esters is 1. The lowest BCUT2D eigenvalue weighted by atomic mass is 9.96. The molecule has 3 aromatic carbocycles. The van der Waals surface area contributed by atoms with E-state index in [4.69, 9.17) is 27.7 Å². The number of fused-ring (bicyclic) bond motifs is 1. The normalized spacial score (nSPS) is 20.5. The number of carboxylic acid groups (broad SMARTS) is 4. The fourth-order valence-corrected chi connectivity index (χ4v) is 13.1. The first-order valence-electron chi connectivity index (χ1n) is 40.7. The van der Waals surface area contributed by atoms with Gasteiger partial charge in [-0.1, -0.05) is 94.8 Å². The number of H-pyrrole nitrogens is 1. The van der Waals surface area contributed by atoms with Gasteiger partial charge in [0.15, 0.2) is 5.78 Å². The number of hydrogen-bond acceptors (Lipinski definition) is 26. The predicted octanol–water partition coefficient (Wildman–Crippen LogP) is -5.31. The average molecular weight is 1780 g/mol. The largest absolute Gasteiger partial charge is 0.481 e. The highest BCUT2D eigenvalue weighted by Crippen LogP contribution is 2.22.